The Balaban J connectivity index is 1.84. The van der Waals surface area contributed by atoms with Crippen LogP contribution in [0.1, 0.15) is 29.8 Å². The number of nitrogens with one attached hydrogen (secondary N) is 1. The number of anilines is 1. The van der Waals surface area contributed by atoms with Crippen molar-refractivity contribution in [2.45, 2.75) is 31.6 Å². The van der Waals surface area contributed by atoms with E-state index in [9.17, 15) is 4.79 Å². The summed E-state index contributed by atoms with van der Waals surface area (Å²) in [4.78, 5) is 12.6. The Morgan fingerprint density at radius 3 is 2.53 bits per heavy atom. The highest BCUT2D eigenvalue weighted by molar-refractivity contribution is 7.15. The van der Waals surface area contributed by atoms with E-state index < -0.39 is 0 Å². The zero-order chi connectivity index (χ0) is 13.3. The van der Waals surface area contributed by atoms with Gasteiger partial charge in [-0.15, -0.1) is 10.2 Å². The molecule has 1 saturated carbocycles. The molecule has 1 heterocycles. The Labute approximate surface area is 115 Å². The molecule has 0 aliphatic heterocycles. The number of amides is 1. The van der Waals surface area contributed by atoms with Gasteiger partial charge in [0.25, 0.3) is 0 Å². The fourth-order valence-electron chi connectivity index (χ4n) is 2.50. The van der Waals surface area contributed by atoms with Crippen LogP contribution in [0.4, 0.5) is 5.13 Å². The Hall–Kier alpha value is -1.75. The van der Waals surface area contributed by atoms with Crippen molar-refractivity contribution in [1.29, 1.82) is 0 Å². The van der Waals surface area contributed by atoms with Crippen LogP contribution in [-0.4, -0.2) is 16.1 Å². The fraction of sp³-hybridized carbons (Fsp3) is 0.357. The van der Waals surface area contributed by atoms with E-state index in [2.05, 4.69) is 15.5 Å². The maximum Gasteiger partial charge on any atom is 0.236 e. The first-order valence-electron chi connectivity index (χ1n) is 6.38. The minimum absolute atomic E-state index is 0.0427. The van der Waals surface area contributed by atoms with Crippen LogP contribution < -0.4 is 5.32 Å². The molecule has 0 atom stereocenters. The van der Waals surface area contributed by atoms with Crippen molar-refractivity contribution >= 4 is 22.4 Å². The standard InChI is InChI=1S/C14H15N3OS/c1-10-16-17-13(19-10)15-12(18)14(8-5-9-14)11-6-3-2-4-7-11/h2-4,6-7H,5,8-9H2,1H3,(H,15,17,18). The second-order valence-electron chi connectivity index (χ2n) is 4.88. The topological polar surface area (TPSA) is 54.9 Å². The van der Waals surface area contributed by atoms with Gasteiger partial charge in [0.15, 0.2) is 0 Å². The van der Waals surface area contributed by atoms with Gasteiger partial charge in [0.05, 0.1) is 5.41 Å². The molecule has 1 aromatic carbocycles. The highest BCUT2D eigenvalue weighted by Gasteiger charge is 2.45. The summed E-state index contributed by atoms with van der Waals surface area (Å²) < 4.78 is 0. The van der Waals surface area contributed by atoms with Crippen LogP contribution >= 0.6 is 11.3 Å². The molecule has 1 aliphatic rings. The molecule has 2 aromatic rings. The van der Waals surface area contributed by atoms with E-state index in [0.29, 0.717) is 5.13 Å². The largest absolute Gasteiger partial charge is 0.300 e. The van der Waals surface area contributed by atoms with Gasteiger partial charge in [-0.05, 0) is 25.3 Å². The summed E-state index contributed by atoms with van der Waals surface area (Å²) in [7, 11) is 0. The van der Waals surface area contributed by atoms with Gasteiger partial charge < -0.3 is 0 Å². The van der Waals surface area contributed by atoms with Crippen molar-refractivity contribution in [2.75, 3.05) is 5.32 Å². The average molecular weight is 273 g/mol. The number of rotatable bonds is 3. The molecule has 0 spiro atoms. The summed E-state index contributed by atoms with van der Waals surface area (Å²) in [6, 6.07) is 10.0. The molecule has 98 valence electrons. The lowest BCUT2D eigenvalue weighted by Gasteiger charge is -2.40. The molecule has 0 bridgehead atoms. The lowest BCUT2D eigenvalue weighted by molar-refractivity contribution is -0.124. The molecule has 0 radical (unpaired) electrons. The highest BCUT2D eigenvalue weighted by atomic mass is 32.1. The van der Waals surface area contributed by atoms with Crippen molar-refractivity contribution in [3.63, 3.8) is 0 Å². The third-order valence-electron chi connectivity index (χ3n) is 3.71. The van der Waals surface area contributed by atoms with E-state index in [1.807, 2.05) is 37.3 Å². The Morgan fingerprint density at radius 2 is 2.00 bits per heavy atom. The van der Waals surface area contributed by atoms with E-state index in [-0.39, 0.29) is 11.3 Å². The summed E-state index contributed by atoms with van der Waals surface area (Å²) in [5, 5.41) is 12.2. The molecular formula is C14H15N3OS. The van der Waals surface area contributed by atoms with Crippen molar-refractivity contribution in [1.82, 2.24) is 10.2 Å². The van der Waals surface area contributed by atoms with Gasteiger partial charge in [0.2, 0.25) is 11.0 Å². The first-order valence-corrected chi connectivity index (χ1v) is 7.19. The summed E-state index contributed by atoms with van der Waals surface area (Å²) >= 11 is 1.41. The molecule has 4 nitrogen and oxygen atoms in total. The van der Waals surface area contributed by atoms with E-state index in [0.717, 1.165) is 29.8 Å². The third-order valence-corrected chi connectivity index (χ3v) is 4.47. The second kappa shape index (κ2) is 4.74. The predicted octanol–water partition coefficient (Wildman–Crippen LogP) is 2.91. The molecule has 1 fully saturated rings. The minimum Gasteiger partial charge on any atom is -0.300 e. The van der Waals surface area contributed by atoms with Crippen LogP contribution in [-0.2, 0) is 10.2 Å². The number of aryl methyl sites for hydroxylation is 1. The van der Waals surface area contributed by atoms with E-state index in [4.69, 9.17) is 0 Å². The van der Waals surface area contributed by atoms with Gasteiger partial charge in [-0.1, -0.05) is 48.1 Å². The number of aromatic nitrogens is 2. The summed E-state index contributed by atoms with van der Waals surface area (Å²) in [6.07, 6.45) is 2.90. The minimum atomic E-state index is -0.374. The molecule has 1 aliphatic carbocycles. The number of carbonyl (C=O) groups excluding carboxylic acids is 1. The lowest BCUT2D eigenvalue weighted by atomic mass is 9.64. The van der Waals surface area contributed by atoms with Crippen molar-refractivity contribution in [2.24, 2.45) is 0 Å². The average Bonchev–Trinajstić information content (AvgIpc) is 2.75. The molecule has 3 rings (SSSR count). The van der Waals surface area contributed by atoms with Crippen LogP contribution in [0.3, 0.4) is 0 Å². The van der Waals surface area contributed by atoms with Gasteiger partial charge in [-0.3, -0.25) is 10.1 Å². The molecule has 5 heteroatoms. The Bertz CT molecular complexity index is 590. The lowest BCUT2D eigenvalue weighted by Crippen LogP contribution is -2.45. The maximum absolute atomic E-state index is 12.6. The van der Waals surface area contributed by atoms with Crippen molar-refractivity contribution in [3.8, 4) is 0 Å². The van der Waals surface area contributed by atoms with Gasteiger partial charge >= 0.3 is 0 Å². The van der Waals surface area contributed by atoms with Crippen LogP contribution in [0.25, 0.3) is 0 Å². The van der Waals surface area contributed by atoms with Crippen molar-refractivity contribution in [3.05, 3.63) is 40.9 Å². The van der Waals surface area contributed by atoms with Crippen LogP contribution in [0, 0.1) is 6.92 Å². The number of carbonyl (C=O) groups is 1. The Morgan fingerprint density at radius 1 is 1.26 bits per heavy atom. The molecule has 1 aromatic heterocycles. The second-order valence-corrected chi connectivity index (χ2v) is 6.06. The zero-order valence-corrected chi connectivity index (χ0v) is 11.5. The normalized spacial score (nSPS) is 16.7. The molecule has 1 amide bonds. The predicted molar refractivity (Wildman–Crippen MR) is 75.2 cm³/mol. The fourth-order valence-corrected chi connectivity index (χ4v) is 3.09. The molecule has 1 N–H and O–H groups in total. The quantitative estimate of drug-likeness (QED) is 0.935. The summed E-state index contributed by atoms with van der Waals surface area (Å²) in [6.45, 7) is 1.88. The van der Waals surface area contributed by atoms with Crippen LogP contribution in [0.2, 0.25) is 0 Å². The van der Waals surface area contributed by atoms with Crippen LogP contribution in [0.15, 0.2) is 30.3 Å². The van der Waals surface area contributed by atoms with Crippen molar-refractivity contribution < 1.29 is 4.79 Å². The first-order chi connectivity index (χ1) is 9.21. The zero-order valence-electron chi connectivity index (χ0n) is 10.7. The number of benzene rings is 1. The van der Waals surface area contributed by atoms with E-state index in [1.165, 1.54) is 11.3 Å². The monoisotopic (exact) mass is 273 g/mol. The van der Waals surface area contributed by atoms with Gasteiger partial charge in [0, 0.05) is 0 Å². The van der Waals surface area contributed by atoms with E-state index >= 15 is 0 Å². The summed E-state index contributed by atoms with van der Waals surface area (Å²) in [5.74, 6) is 0.0427. The van der Waals surface area contributed by atoms with Gasteiger partial charge in [-0.25, -0.2) is 0 Å². The van der Waals surface area contributed by atoms with Crippen LogP contribution in [0.5, 0.6) is 0 Å². The molecule has 0 unspecified atom stereocenters. The number of hydrogen-bond donors (Lipinski definition) is 1. The number of hydrogen-bond acceptors (Lipinski definition) is 4. The van der Waals surface area contributed by atoms with E-state index in [1.54, 1.807) is 0 Å². The maximum atomic E-state index is 12.6. The van der Waals surface area contributed by atoms with Gasteiger partial charge in [-0.2, -0.15) is 0 Å². The third kappa shape index (κ3) is 2.14. The first kappa shape index (κ1) is 12.3. The summed E-state index contributed by atoms with van der Waals surface area (Å²) in [5.41, 5.74) is 0.723. The number of nitrogens with zero attached hydrogens (tertiary/aromatic N) is 2. The van der Waals surface area contributed by atoms with Gasteiger partial charge in [0.1, 0.15) is 5.01 Å². The smallest absolute Gasteiger partial charge is 0.236 e. The SMILES string of the molecule is Cc1nnc(NC(=O)C2(c3ccccc3)CCC2)s1. The Kier molecular flexibility index (Phi) is 3.06. The molecular weight excluding hydrogens is 258 g/mol. The highest BCUT2D eigenvalue weighted by Crippen LogP contribution is 2.44. The molecule has 0 saturated heterocycles. The molecule has 19 heavy (non-hydrogen) atoms.